The Balaban J connectivity index is 2.05. The van der Waals surface area contributed by atoms with Crippen LogP contribution in [0.3, 0.4) is 0 Å². The molecule has 0 radical (unpaired) electrons. The van der Waals surface area contributed by atoms with E-state index in [1.807, 2.05) is 38.1 Å². The molecule has 0 fully saturated rings. The van der Waals surface area contributed by atoms with Gasteiger partial charge in [0.15, 0.2) is 6.10 Å². The molecule has 1 N–H and O–H groups in total. The van der Waals surface area contributed by atoms with Gasteiger partial charge in [-0.25, -0.2) is 0 Å². The van der Waals surface area contributed by atoms with Crippen LogP contribution in [0.25, 0.3) is 0 Å². The largest absolute Gasteiger partial charge is 0.497 e. The molecule has 2 atom stereocenters. The molecule has 0 aromatic heterocycles. The zero-order valence-corrected chi connectivity index (χ0v) is 15.5. The number of carbonyl (C=O) groups is 1. The van der Waals surface area contributed by atoms with Crippen molar-refractivity contribution in [3.8, 4) is 11.5 Å². The normalized spacial score (nSPS) is 13.0. The topological polar surface area (TPSA) is 47.6 Å². The lowest BCUT2D eigenvalue weighted by Gasteiger charge is -2.22. The first-order valence-electron chi connectivity index (χ1n) is 8.43. The third-order valence-corrected chi connectivity index (χ3v) is 4.22. The van der Waals surface area contributed by atoms with Crippen molar-refractivity contribution in [2.75, 3.05) is 7.11 Å². The molecule has 0 aliphatic carbocycles. The molecule has 0 saturated carbocycles. The monoisotopic (exact) mass is 361 g/mol. The van der Waals surface area contributed by atoms with Gasteiger partial charge in [-0.2, -0.15) is 0 Å². The average molecular weight is 362 g/mol. The molecule has 0 aliphatic heterocycles. The SMILES string of the molecule is CC[C@H](NC(=O)[C@@H](CC)Oc1cccc(Cl)c1)c1ccc(OC)cc1. The number of methoxy groups -OCH3 is 1. The van der Waals surface area contributed by atoms with Crippen molar-refractivity contribution in [2.45, 2.75) is 38.8 Å². The molecule has 4 nitrogen and oxygen atoms in total. The highest BCUT2D eigenvalue weighted by atomic mass is 35.5. The van der Waals surface area contributed by atoms with E-state index >= 15 is 0 Å². The lowest BCUT2D eigenvalue weighted by Crippen LogP contribution is -2.39. The summed E-state index contributed by atoms with van der Waals surface area (Å²) in [5, 5.41) is 3.65. The highest BCUT2D eigenvalue weighted by molar-refractivity contribution is 6.30. The Bertz CT molecular complexity index is 688. The van der Waals surface area contributed by atoms with E-state index in [9.17, 15) is 4.79 Å². The van der Waals surface area contributed by atoms with Gasteiger partial charge in [0.1, 0.15) is 11.5 Å². The third-order valence-electron chi connectivity index (χ3n) is 3.98. The van der Waals surface area contributed by atoms with Crippen LogP contribution in [-0.4, -0.2) is 19.1 Å². The Morgan fingerprint density at radius 3 is 2.36 bits per heavy atom. The summed E-state index contributed by atoms with van der Waals surface area (Å²) in [7, 11) is 1.63. The van der Waals surface area contributed by atoms with Gasteiger partial charge < -0.3 is 14.8 Å². The van der Waals surface area contributed by atoms with Crippen molar-refractivity contribution >= 4 is 17.5 Å². The Morgan fingerprint density at radius 1 is 1.08 bits per heavy atom. The third kappa shape index (κ3) is 5.40. The van der Waals surface area contributed by atoms with Gasteiger partial charge in [-0.15, -0.1) is 0 Å². The number of nitrogens with one attached hydrogen (secondary N) is 1. The van der Waals surface area contributed by atoms with Crippen LogP contribution in [0.4, 0.5) is 0 Å². The Labute approximate surface area is 154 Å². The molecule has 0 heterocycles. The molecule has 2 rings (SSSR count). The van der Waals surface area contributed by atoms with Crippen LogP contribution in [0.2, 0.25) is 5.02 Å². The van der Waals surface area contributed by atoms with Crippen LogP contribution in [0.5, 0.6) is 11.5 Å². The number of halogens is 1. The molecule has 1 amide bonds. The summed E-state index contributed by atoms with van der Waals surface area (Å²) < 4.78 is 11.0. The van der Waals surface area contributed by atoms with Crippen molar-refractivity contribution < 1.29 is 14.3 Å². The summed E-state index contributed by atoms with van der Waals surface area (Å²) in [5.41, 5.74) is 1.04. The van der Waals surface area contributed by atoms with Crippen LogP contribution >= 0.6 is 11.6 Å². The van der Waals surface area contributed by atoms with Gasteiger partial charge in [0.2, 0.25) is 0 Å². The molecule has 0 saturated heterocycles. The zero-order valence-electron chi connectivity index (χ0n) is 14.8. The van der Waals surface area contributed by atoms with Gasteiger partial charge in [-0.3, -0.25) is 4.79 Å². The van der Waals surface area contributed by atoms with Crippen LogP contribution < -0.4 is 14.8 Å². The van der Waals surface area contributed by atoms with Crippen molar-refractivity contribution in [2.24, 2.45) is 0 Å². The summed E-state index contributed by atoms with van der Waals surface area (Å²) in [6.07, 6.45) is 0.786. The number of hydrogen-bond acceptors (Lipinski definition) is 3. The second-order valence-corrected chi connectivity index (χ2v) is 6.15. The number of ether oxygens (including phenoxy) is 2. The van der Waals surface area contributed by atoms with E-state index in [-0.39, 0.29) is 11.9 Å². The quantitative estimate of drug-likeness (QED) is 0.736. The number of benzene rings is 2. The maximum Gasteiger partial charge on any atom is 0.261 e. The van der Waals surface area contributed by atoms with Crippen LogP contribution in [-0.2, 0) is 4.79 Å². The van der Waals surface area contributed by atoms with E-state index in [4.69, 9.17) is 21.1 Å². The Kier molecular flexibility index (Phi) is 7.14. The molecular weight excluding hydrogens is 338 g/mol. The van der Waals surface area contributed by atoms with E-state index in [0.717, 1.165) is 17.7 Å². The maximum absolute atomic E-state index is 12.6. The maximum atomic E-state index is 12.6. The summed E-state index contributed by atoms with van der Waals surface area (Å²) in [6.45, 7) is 3.96. The fourth-order valence-corrected chi connectivity index (χ4v) is 2.73. The molecule has 25 heavy (non-hydrogen) atoms. The average Bonchev–Trinajstić information content (AvgIpc) is 2.64. The number of hydrogen-bond donors (Lipinski definition) is 1. The van der Waals surface area contributed by atoms with Gasteiger partial charge in [0.25, 0.3) is 5.91 Å². The molecule has 5 heteroatoms. The molecule has 0 unspecified atom stereocenters. The Morgan fingerprint density at radius 2 is 1.80 bits per heavy atom. The second kappa shape index (κ2) is 9.33. The van der Waals surface area contributed by atoms with E-state index in [2.05, 4.69) is 5.32 Å². The number of carbonyl (C=O) groups excluding carboxylic acids is 1. The molecular formula is C20H24ClNO3. The predicted octanol–water partition coefficient (Wildman–Crippen LogP) is 4.77. The fraction of sp³-hybridized carbons (Fsp3) is 0.350. The minimum atomic E-state index is -0.564. The second-order valence-electron chi connectivity index (χ2n) is 5.71. The predicted molar refractivity (Wildman–Crippen MR) is 100 cm³/mol. The lowest BCUT2D eigenvalue weighted by atomic mass is 10.0. The van der Waals surface area contributed by atoms with E-state index in [0.29, 0.717) is 17.2 Å². The molecule has 0 aliphatic rings. The van der Waals surface area contributed by atoms with Crippen LogP contribution in [0.1, 0.15) is 38.3 Å². The van der Waals surface area contributed by atoms with Gasteiger partial charge >= 0.3 is 0 Å². The van der Waals surface area contributed by atoms with Crippen LogP contribution in [0.15, 0.2) is 48.5 Å². The minimum Gasteiger partial charge on any atom is -0.497 e. The van der Waals surface area contributed by atoms with Crippen molar-refractivity contribution in [3.63, 3.8) is 0 Å². The highest BCUT2D eigenvalue weighted by Crippen LogP contribution is 2.22. The summed E-state index contributed by atoms with van der Waals surface area (Å²) in [5.74, 6) is 1.25. The van der Waals surface area contributed by atoms with E-state index in [1.165, 1.54) is 0 Å². The first-order valence-corrected chi connectivity index (χ1v) is 8.81. The standard InChI is InChI=1S/C20H24ClNO3/c1-4-18(14-9-11-16(24-3)12-10-14)22-20(23)19(5-2)25-17-8-6-7-15(21)13-17/h6-13,18-19H,4-5H2,1-3H3,(H,22,23)/t18-,19+/m0/s1. The smallest absolute Gasteiger partial charge is 0.261 e. The van der Waals surface area contributed by atoms with Gasteiger partial charge in [0.05, 0.1) is 13.2 Å². The minimum absolute atomic E-state index is 0.0737. The molecule has 0 bridgehead atoms. The summed E-state index contributed by atoms with van der Waals surface area (Å²) in [4.78, 5) is 12.6. The number of amides is 1. The fourth-order valence-electron chi connectivity index (χ4n) is 2.55. The first kappa shape index (κ1) is 19.1. The molecule has 2 aromatic carbocycles. The van der Waals surface area contributed by atoms with E-state index in [1.54, 1.807) is 31.4 Å². The van der Waals surface area contributed by atoms with Crippen molar-refractivity contribution in [1.82, 2.24) is 5.32 Å². The lowest BCUT2D eigenvalue weighted by molar-refractivity contribution is -0.128. The summed E-state index contributed by atoms with van der Waals surface area (Å²) >= 11 is 5.97. The van der Waals surface area contributed by atoms with Crippen molar-refractivity contribution in [1.29, 1.82) is 0 Å². The van der Waals surface area contributed by atoms with Gasteiger partial charge in [-0.1, -0.05) is 43.6 Å². The molecule has 2 aromatic rings. The zero-order chi connectivity index (χ0) is 18.2. The molecule has 134 valence electrons. The summed E-state index contributed by atoms with van der Waals surface area (Å²) in [6, 6.07) is 14.7. The highest BCUT2D eigenvalue weighted by Gasteiger charge is 2.22. The van der Waals surface area contributed by atoms with Gasteiger partial charge in [-0.05, 0) is 48.7 Å². The number of rotatable bonds is 8. The first-order chi connectivity index (χ1) is 12.1. The van der Waals surface area contributed by atoms with E-state index < -0.39 is 6.10 Å². The molecule has 0 spiro atoms. The van der Waals surface area contributed by atoms with Gasteiger partial charge in [0, 0.05) is 5.02 Å². The van der Waals surface area contributed by atoms with Crippen LogP contribution in [0, 0.1) is 0 Å². The Hall–Kier alpha value is -2.20. The van der Waals surface area contributed by atoms with Crippen molar-refractivity contribution in [3.05, 3.63) is 59.1 Å².